The molecule has 1 aromatic rings. The van der Waals surface area contributed by atoms with Gasteiger partial charge < -0.3 is 10.1 Å². The number of esters is 1. The first-order valence-electron chi connectivity index (χ1n) is 6.57. The van der Waals surface area contributed by atoms with Gasteiger partial charge in [-0.3, -0.25) is 4.79 Å². The van der Waals surface area contributed by atoms with E-state index in [4.69, 9.17) is 16.3 Å². The van der Waals surface area contributed by atoms with Crippen LogP contribution in [0.25, 0.3) is 0 Å². The maximum atomic E-state index is 11.8. The first-order chi connectivity index (χ1) is 9.16. The van der Waals surface area contributed by atoms with Gasteiger partial charge in [0.1, 0.15) is 5.60 Å². The molecule has 1 fully saturated rings. The van der Waals surface area contributed by atoms with E-state index in [2.05, 4.69) is 17.9 Å². The molecule has 1 heterocycles. The first-order valence-corrected chi connectivity index (χ1v) is 7.58. The van der Waals surface area contributed by atoms with E-state index in [0.717, 1.165) is 31.5 Å². The standard InChI is InChI=1S/C14H18ClNO2S/c15-12-3-1-11(2-4-12)14(6-8-16-9-7-14)18-13(17)5-10-19/h1-4,16,19H,5-10H2/p+1. The van der Waals surface area contributed by atoms with Crippen molar-refractivity contribution in [1.82, 2.24) is 0 Å². The van der Waals surface area contributed by atoms with E-state index in [1.807, 2.05) is 24.3 Å². The number of thiol groups is 1. The van der Waals surface area contributed by atoms with Crippen molar-refractivity contribution >= 4 is 30.2 Å². The second-order valence-corrected chi connectivity index (χ2v) is 5.70. The Balaban J connectivity index is 2.23. The van der Waals surface area contributed by atoms with E-state index in [-0.39, 0.29) is 5.97 Å². The SMILES string of the molecule is O=C(CCS)OC1(c2ccc(Cl)cc2)CC[NH2+]CC1. The lowest BCUT2D eigenvalue weighted by Crippen LogP contribution is -2.87. The molecule has 0 spiro atoms. The molecule has 1 saturated heterocycles. The summed E-state index contributed by atoms with van der Waals surface area (Å²) in [5, 5.41) is 2.95. The van der Waals surface area contributed by atoms with E-state index in [1.54, 1.807) is 0 Å². The van der Waals surface area contributed by atoms with Crippen LogP contribution in [0.1, 0.15) is 24.8 Å². The molecule has 2 rings (SSSR count). The molecule has 1 aliphatic heterocycles. The fourth-order valence-corrected chi connectivity index (χ4v) is 2.81. The zero-order valence-corrected chi connectivity index (χ0v) is 12.4. The number of ether oxygens (including phenoxy) is 1. The topological polar surface area (TPSA) is 42.9 Å². The van der Waals surface area contributed by atoms with Gasteiger partial charge in [-0.2, -0.15) is 12.6 Å². The number of benzene rings is 1. The highest BCUT2D eigenvalue weighted by Crippen LogP contribution is 2.34. The molecule has 0 bridgehead atoms. The Kier molecular flexibility index (Phi) is 5.13. The van der Waals surface area contributed by atoms with Crippen molar-refractivity contribution in [3.63, 3.8) is 0 Å². The Morgan fingerprint density at radius 1 is 1.32 bits per heavy atom. The van der Waals surface area contributed by atoms with E-state index in [0.29, 0.717) is 17.2 Å². The molecule has 0 unspecified atom stereocenters. The third-order valence-electron chi connectivity index (χ3n) is 3.50. The van der Waals surface area contributed by atoms with Gasteiger partial charge in [-0.15, -0.1) is 0 Å². The van der Waals surface area contributed by atoms with E-state index in [9.17, 15) is 4.79 Å². The largest absolute Gasteiger partial charge is 0.454 e. The summed E-state index contributed by atoms with van der Waals surface area (Å²) in [6.45, 7) is 1.94. The summed E-state index contributed by atoms with van der Waals surface area (Å²) >= 11 is 10.0. The van der Waals surface area contributed by atoms with Crippen molar-refractivity contribution in [2.45, 2.75) is 24.9 Å². The van der Waals surface area contributed by atoms with Crippen LogP contribution in [0.4, 0.5) is 0 Å². The van der Waals surface area contributed by atoms with Crippen LogP contribution in [0.2, 0.25) is 5.02 Å². The minimum atomic E-state index is -0.487. The van der Waals surface area contributed by atoms with E-state index >= 15 is 0 Å². The molecule has 5 heteroatoms. The zero-order chi connectivity index (χ0) is 13.7. The monoisotopic (exact) mass is 300 g/mol. The lowest BCUT2D eigenvalue weighted by atomic mass is 9.84. The fourth-order valence-electron chi connectivity index (χ4n) is 2.50. The molecule has 3 nitrogen and oxygen atoms in total. The number of nitrogens with two attached hydrogens (primary N) is 1. The molecule has 0 amide bonds. The Labute approximate surface area is 124 Å². The van der Waals surface area contributed by atoms with Gasteiger partial charge in [0, 0.05) is 23.6 Å². The quantitative estimate of drug-likeness (QED) is 0.657. The van der Waals surface area contributed by atoms with E-state index < -0.39 is 5.60 Å². The number of hydrogen-bond acceptors (Lipinski definition) is 3. The Bertz CT molecular complexity index is 430. The summed E-state index contributed by atoms with van der Waals surface area (Å²) in [5.41, 5.74) is 0.553. The fraction of sp³-hybridized carbons (Fsp3) is 0.500. The van der Waals surface area contributed by atoms with Crippen molar-refractivity contribution < 1.29 is 14.8 Å². The number of hydrogen-bond donors (Lipinski definition) is 2. The van der Waals surface area contributed by atoms with Crippen molar-refractivity contribution in [3.8, 4) is 0 Å². The molecule has 1 aliphatic rings. The molecule has 1 aromatic carbocycles. The normalized spacial score (nSPS) is 18.0. The van der Waals surface area contributed by atoms with Gasteiger partial charge in [-0.25, -0.2) is 0 Å². The summed E-state index contributed by atoms with van der Waals surface area (Å²) in [4.78, 5) is 11.8. The van der Waals surface area contributed by atoms with Crippen LogP contribution in [-0.2, 0) is 15.1 Å². The van der Waals surface area contributed by atoms with Crippen LogP contribution < -0.4 is 5.32 Å². The summed E-state index contributed by atoms with van der Waals surface area (Å²) in [6, 6.07) is 7.62. The molecular formula is C14H19ClNO2S+. The van der Waals surface area contributed by atoms with Gasteiger partial charge in [-0.05, 0) is 17.7 Å². The molecule has 0 aromatic heterocycles. The van der Waals surface area contributed by atoms with Gasteiger partial charge >= 0.3 is 5.97 Å². The molecule has 19 heavy (non-hydrogen) atoms. The number of carbonyl (C=O) groups excluding carboxylic acids is 1. The van der Waals surface area contributed by atoms with Gasteiger partial charge in [-0.1, -0.05) is 23.7 Å². The summed E-state index contributed by atoms with van der Waals surface area (Å²) in [6.07, 6.45) is 2.03. The second kappa shape index (κ2) is 6.64. The summed E-state index contributed by atoms with van der Waals surface area (Å²) in [5.74, 6) is 0.341. The average Bonchev–Trinajstić information content (AvgIpc) is 2.40. The van der Waals surface area contributed by atoms with Gasteiger partial charge in [0.25, 0.3) is 0 Å². The van der Waals surface area contributed by atoms with Crippen molar-refractivity contribution in [3.05, 3.63) is 34.9 Å². The van der Waals surface area contributed by atoms with Gasteiger partial charge in [0.05, 0.1) is 19.5 Å². The van der Waals surface area contributed by atoms with Crippen LogP contribution in [0.15, 0.2) is 24.3 Å². The number of quaternary nitrogens is 1. The van der Waals surface area contributed by atoms with E-state index in [1.165, 1.54) is 0 Å². The average molecular weight is 301 g/mol. The second-order valence-electron chi connectivity index (χ2n) is 4.81. The number of rotatable bonds is 4. The third-order valence-corrected chi connectivity index (χ3v) is 3.98. The van der Waals surface area contributed by atoms with Crippen molar-refractivity contribution in [2.75, 3.05) is 18.8 Å². The Hall–Kier alpha value is -0.710. The highest BCUT2D eigenvalue weighted by molar-refractivity contribution is 7.80. The molecule has 2 N–H and O–H groups in total. The molecule has 104 valence electrons. The molecule has 0 atom stereocenters. The Morgan fingerprint density at radius 2 is 1.95 bits per heavy atom. The first kappa shape index (κ1) is 14.7. The smallest absolute Gasteiger partial charge is 0.307 e. The molecule has 0 aliphatic carbocycles. The van der Waals surface area contributed by atoms with Crippen LogP contribution in [0, 0.1) is 0 Å². The highest BCUT2D eigenvalue weighted by Gasteiger charge is 2.39. The predicted octanol–water partition coefficient (Wildman–Crippen LogP) is 1.76. The maximum Gasteiger partial charge on any atom is 0.307 e. The molecule has 0 radical (unpaired) electrons. The zero-order valence-electron chi connectivity index (χ0n) is 10.8. The number of piperidine rings is 1. The molecule has 0 saturated carbocycles. The van der Waals surface area contributed by atoms with Crippen molar-refractivity contribution in [2.24, 2.45) is 0 Å². The van der Waals surface area contributed by atoms with Gasteiger partial charge in [0.2, 0.25) is 0 Å². The van der Waals surface area contributed by atoms with Crippen LogP contribution in [0.5, 0.6) is 0 Å². The van der Waals surface area contributed by atoms with Crippen LogP contribution >= 0.6 is 24.2 Å². The van der Waals surface area contributed by atoms with Gasteiger partial charge in [0.15, 0.2) is 0 Å². The number of halogens is 1. The summed E-state index contributed by atoms with van der Waals surface area (Å²) in [7, 11) is 0. The maximum absolute atomic E-state index is 11.8. The van der Waals surface area contributed by atoms with Crippen molar-refractivity contribution in [1.29, 1.82) is 0 Å². The third kappa shape index (κ3) is 3.65. The minimum Gasteiger partial charge on any atom is -0.454 e. The molecular weight excluding hydrogens is 282 g/mol. The summed E-state index contributed by atoms with van der Waals surface area (Å²) < 4.78 is 5.79. The minimum absolute atomic E-state index is 0.174. The number of carbonyl (C=O) groups is 1. The van der Waals surface area contributed by atoms with Crippen LogP contribution in [-0.4, -0.2) is 24.8 Å². The highest BCUT2D eigenvalue weighted by atomic mass is 35.5. The Morgan fingerprint density at radius 3 is 2.53 bits per heavy atom. The predicted molar refractivity (Wildman–Crippen MR) is 78.6 cm³/mol. The lowest BCUT2D eigenvalue weighted by molar-refractivity contribution is -0.668. The lowest BCUT2D eigenvalue weighted by Gasteiger charge is -2.36. The van der Waals surface area contributed by atoms with Crippen LogP contribution in [0.3, 0.4) is 0 Å².